The fourth-order valence-corrected chi connectivity index (χ4v) is 6.77. The molecule has 0 aromatic heterocycles. The van der Waals surface area contributed by atoms with Crippen molar-refractivity contribution in [3.05, 3.63) is 0 Å². The molecule has 0 amide bonds. The molecule has 0 spiro atoms. The van der Waals surface area contributed by atoms with Gasteiger partial charge in [-0.25, -0.2) is 0 Å². The lowest BCUT2D eigenvalue weighted by Crippen LogP contribution is -2.54. The first kappa shape index (κ1) is 21.3. The van der Waals surface area contributed by atoms with E-state index in [1.54, 1.807) is 6.92 Å². The molecule has 0 heterocycles. The van der Waals surface area contributed by atoms with Gasteiger partial charge in [0.2, 0.25) is 5.02 Å². The van der Waals surface area contributed by atoms with E-state index in [-0.39, 0.29) is 18.9 Å². The van der Waals surface area contributed by atoms with Crippen LogP contribution in [-0.4, -0.2) is 47.4 Å². The summed E-state index contributed by atoms with van der Waals surface area (Å²) in [5.74, 6) is 0.0639. The first-order valence-electron chi connectivity index (χ1n) is 8.07. The third-order valence-electron chi connectivity index (χ3n) is 4.77. The zero-order valence-electron chi connectivity index (χ0n) is 13.7. The van der Waals surface area contributed by atoms with Gasteiger partial charge in [0.15, 0.2) is 0 Å². The zero-order valence-corrected chi connectivity index (χ0v) is 15.5. The van der Waals surface area contributed by atoms with Crippen molar-refractivity contribution in [3.8, 4) is 0 Å². The van der Waals surface area contributed by atoms with Gasteiger partial charge < -0.3 is 24.7 Å². The Balaban J connectivity index is 3.32. The van der Waals surface area contributed by atoms with Crippen molar-refractivity contribution in [1.29, 1.82) is 0 Å². The van der Waals surface area contributed by atoms with Crippen molar-refractivity contribution < 1.29 is 33.8 Å². The summed E-state index contributed by atoms with van der Waals surface area (Å²) in [4.78, 5) is 40.1. The molecule has 0 radical (unpaired) electrons. The molecule has 1 unspecified atom stereocenters. The van der Waals surface area contributed by atoms with Gasteiger partial charge in [-0.15, -0.1) is 0 Å². The van der Waals surface area contributed by atoms with Crippen LogP contribution in [0.2, 0.25) is 0 Å². The van der Waals surface area contributed by atoms with Gasteiger partial charge in [-0.1, -0.05) is 33.1 Å². The first-order chi connectivity index (χ1) is 10.5. The second kappa shape index (κ2) is 8.07. The summed E-state index contributed by atoms with van der Waals surface area (Å²) in [5.41, 5.74) is 0. The number of nitrogens with zero attached hydrogens (tertiary/aromatic N) is 1. The van der Waals surface area contributed by atoms with Crippen LogP contribution in [-0.2, 0) is 9.13 Å². The molecule has 1 saturated carbocycles. The first-order valence-corrected chi connectivity index (χ1v) is 11.3. The largest absolute Gasteiger partial charge is 0.378 e. The third-order valence-corrected chi connectivity index (χ3v) is 9.35. The zero-order chi connectivity index (χ0) is 17.9. The van der Waals surface area contributed by atoms with Gasteiger partial charge in [0, 0.05) is 6.54 Å². The lowest BCUT2D eigenvalue weighted by Gasteiger charge is -2.46. The molecule has 1 fully saturated rings. The lowest BCUT2D eigenvalue weighted by atomic mass is 9.89. The summed E-state index contributed by atoms with van der Waals surface area (Å²) in [7, 11) is -10.4. The molecule has 0 bridgehead atoms. The van der Waals surface area contributed by atoms with Crippen molar-refractivity contribution in [1.82, 2.24) is 4.90 Å². The average molecular weight is 373 g/mol. The Bertz CT molecular complexity index is 447. The Morgan fingerprint density at radius 3 is 1.87 bits per heavy atom. The SMILES string of the molecule is CCC(O)N(CC1CCCCC1)C(CC)(P(=O)(O)O)P(=O)(O)O. The second-order valence-electron chi connectivity index (χ2n) is 6.26. The molecule has 1 aliphatic carbocycles. The van der Waals surface area contributed by atoms with Crippen LogP contribution in [0.5, 0.6) is 0 Å². The minimum absolute atomic E-state index is 0.0639. The number of rotatable bonds is 8. The number of aliphatic hydroxyl groups is 1. The van der Waals surface area contributed by atoms with E-state index >= 15 is 0 Å². The fraction of sp³-hybridized carbons (Fsp3) is 1.00. The molecule has 1 atom stereocenters. The van der Waals surface area contributed by atoms with Crippen LogP contribution in [0.4, 0.5) is 0 Å². The molecule has 138 valence electrons. The summed E-state index contributed by atoms with van der Waals surface area (Å²) in [5, 5.41) is 7.61. The maximum atomic E-state index is 12.1. The number of hydrogen-bond donors (Lipinski definition) is 5. The number of hydrogen-bond acceptors (Lipinski definition) is 4. The Morgan fingerprint density at radius 2 is 1.52 bits per heavy atom. The maximum absolute atomic E-state index is 12.1. The van der Waals surface area contributed by atoms with E-state index < -0.39 is 32.9 Å². The summed E-state index contributed by atoms with van der Waals surface area (Å²) >= 11 is 0. The number of aliphatic hydroxyl groups excluding tert-OH is 1. The Hall–Kier alpha value is 0.220. The normalized spacial score (nSPS) is 20.0. The molecule has 5 N–H and O–H groups in total. The van der Waals surface area contributed by atoms with Crippen LogP contribution in [0, 0.1) is 5.92 Å². The van der Waals surface area contributed by atoms with Gasteiger partial charge in [0.05, 0.1) is 0 Å². The monoisotopic (exact) mass is 373 g/mol. The minimum atomic E-state index is -5.22. The molecular weight excluding hydrogens is 344 g/mol. The fourth-order valence-electron chi connectivity index (χ4n) is 3.49. The summed E-state index contributed by atoms with van der Waals surface area (Å²) in [6.45, 7) is 3.01. The molecule has 0 aromatic carbocycles. The topological polar surface area (TPSA) is 139 Å². The van der Waals surface area contributed by atoms with Gasteiger partial charge in [-0.2, -0.15) is 0 Å². The van der Waals surface area contributed by atoms with E-state index in [0.717, 1.165) is 37.0 Å². The Kier molecular flexibility index (Phi) is 7.46. The van der Waals surface area contributed by atoms with Crippen LogP contribution in [0.1, 0.15) is 58.8 Å². The molecule has 1 rings (SSSR count). The average Bonchev–Trinajstić information content (AvgIpc) is 2.44. The van der Waals surface area contributed by atoms with Crippen molar-refractivity contribution in [2.75, 3.05) is 6.54 Å². The van der Waals surface area contributed by atoms with E-state index in [9.17, 15) is 33.8 Å². The van der Waals surface area contributed by atoms with Gasteiger partial charge >= 0.3 is 15.2 Å². The highest BCUT2D eigenvalue weighted by Gasteiger charge is 2.64. The molecular formula is C13H29NO7P2. The highest BCUT2D eigenvalue weighted by atomic mass is 31.2. The summed E-state index contributed by atoms with van der Waals surface area (Å²) < 4.78 is 24.2. The van der Waals surface area contributed by atoms with E-state index in [1.165, 1.54) is 6.92 Å². The molecule has 1 aliphatic rings. The van der Waals surface area contributed by atoms with Crippen LogP contribution in [0.15, 0.2) is 0 Å². The Morgan fingerprint density at radius 1 is 1.04 bits per heavy atom. The van der Waals surface area contributed by atoms with Gasteiger partial charge in [0.1, 0.15) is 6.23 Å². The smallest absolute Gasteiger partial charge is 0.358 e. The quantitative estimate of drug-likeness (QED) is 0.322. The van der Waals surface area contributed by atoms with E-state index in [0.29, 0.717) is 0 Å². The van der Waals surface area contributed by atoms with Crippen LogP contribution in [0.3, 0.4) is 0 Å². The van der Waals surface area contributed by atoms with Gasteiger partial charge in [-0.05, 0) is 31.6 Å². The highest BCUT2D eigenvalue weighted by Crippen LogP contribution is 2.72. The van der Waals surface area contributed by atoms with Crippen LogP contribution < -0.4 is 0 Å². The summed E-state index contributed by atoms with van der Waals surface area (Å²) in [6, 6.07) is 0. The highest BCUT2D eigenvalue weighted by molar-refractivity contribution is 7.72. The van der Waals surface area contributed by atoms with E-state index in [4.69, 9.17) is 0 Å². The molecule has 0 aromatic rings. The Labute approximate surface area is 137 Å². The molecule has 23 heavy (non-hydrogen) atoms. The predicted molar refractivity (Wildman–Crippen MR) is 86.7 cm³/mol. The van der Waals surface area contributed by atoms with Crippen LogP contribution in [0.25, 0.3) is 0 Å². The van der Waals surface area contributed by atoms with Gasteiger partial charge in [-0.3, -0.25) is 14.0 Å². The molecule has 10 heteroatoms. The minimum Gasteiger partial charge on any atom is -0.378 e. The summed E-state index contributed by atoms with van der Waals surface area (Å²) in [6.07, 6.45) is 3.04. The third kappa shape index (κ3) is 4.44. The lowest BCUT2D eigenvalue weighted by molar-refractivity contribution is -0.0446. The standard InChI is InChI=1S/C13H29NO7P2/c1-3-12(15)14(10-11-8-6-5-7-9-11)13(4-2,22(16,17)18)23(19,20)21/h11-12,15H,3-10H2,1-2H3,(H2,16,17,18)(H2,19,20,21). The van der Waals surface area contributed by atoms with Crippen molar-refractivity contribution in [2.45, 2.75) is 70.0 Å². The van der Waals surface area contributed by atoms with Crippen molar-refractivity contribution >= 4 is 15.2 Å². The van der Waals surface area contributed by atoms with Crippen molar-refractivity contribution in [2.24, 2.45) is 5.92 Å². The van der Waals surface area contributed by atoms with Crippen molar-refractivity contribution in [3.63, 3.8) is 0 Å². The molecule has 0 saturated heterocycles. The van der Waals surface area contributed by atoms with Crippen LogP contribution >= 0.6 is 15.2 Å². The van der Waals surface area contributed by atoms with E-state index in [1.807, 2.05) is 0 Å². The molecule has 0 aliphatic heterocycles. The second-order valence-corrected chi connectivity index (χ2v) is 10.3. The van der Waals surface area contributed by atoms with E-state index in [2.05, 4.69) is 0 Å². The maximum Gasteiger partial charge on any atom is 0.358 e. The van der Waals surface area contributed by atoms with Gasteiger partial charge in [0.25, 0.3) is 0 Å². The molecule has 8 nitrogen and oxygen atoms in total. The predicted octanol–water partition coefficient (Wildman–Crippen LogP) is 2.02.